The van der Waals surface area contributed by atoms with Gasteiger partial charge in [0.15, 0.2) is 0 Å². The molecule has 1 fully saturated rings. The number of rotatable bonds is 8. The average molecular weight is 364 g/mol. The predicted molar refractivity (Wildman–Crippen MR) is 110 cm³/mol. The molecule has 4 heteroatoms. The third kappa shape index (κ3) is 5.68. The summed E-state index contributed by atoms with van der Waals surface area (Å²) in [6.45, 7) is 4.14. The van der Waals surface area contributed by atoms with Gasteiger partial charge in [0, 0.05) is 17.3 Å². The largest absolute Gasteiger partial charge is 0.326 e. The van der Waals surface area contributed by atoms with Gasteiger partial charge in [-0.1, -0.05) is 43.7 Å². The molecule has 0 spiro atoms. The van der Waals surface area contributed by atoms with E-state index in [9.17, 15) is 9.59 Å². The molecule has 2 N–H and O–H groups in total. The summed E-state index contributed by atoms with van der Waals surface area (Å²) >= 11 is 0. The molecule has 27 heavy (non-hydrogen) atoms. The normalized spacial score (nSPS) is 13.3. The van der Waals surface area contributed by atoms with Crippen LogP contribution in [0.25, 0.3) is 0 Å². The Kier molecular flexibility index (Phi) is 6.28. The van der Waals surface area contributed by atoms with Crippen LogP contribution >= 0.6 is 0 Å². The molecule has 0 bridgehead atoms. The molecule has 0 heterocycles. The number of carbonyl (C=O) groups excluding carboxylic acids is 2. The zero-order valence-electron chi connectivity index (χ0n) is 16.2. The fourth-order valence-corrected chi connectivity index (χ4v) is 3.01. The summed E-state index contributed by atoms with van der Waals surface area (Å²) in [5.41, 5.74) is 4.77. The van der Waals surface area contributed by atoms with Crippen molar-refractivity contribution in [1.82, 2.24) is 0 Å². The highest BCUT2D eigenvalue weighted by atomic mass is 16.2. The maximum Gasteiger partial charge on any atom is 0.228 e. The van der Waals surface area contributed by atoms with E-state index in [-0.39, 0.29) is 17.7 Å². The van der Waals surface area contributed by atoms with Crippen LogP contribution in [0.4, 0.5) is 11.4 Å². The maximum atomic E-state index is 12.4. The van der Waals surface area contributed by atoms with E-state index in [0.717, 1.165) is 41.8 Å². The summed E-state index contributed by atoms with van der Waals surface area (Å²) in [5, 5.41) is 5.90. The van der Waals surface area contributed by atoms with Crippen LogP contribution < -0.4 is 10.6 Å². The number of unbranched alkanes of at least 4 members (excludes halogenated alkanes) is 1. The molecule has 142 valence electrons. The second kappa shape index (κ2) is 8.85. The first-order valence-electron chi connectivity index (χ1n) is 9.84. The summed E-state index contributed by atoms with van der Waals surface area (Å²) in [6, 6.07) is 13.9. The van der Waals surface area contributed by atoms with Crippen LogP contribution in [0, 0.1) is 12.8 Å². The third-order valence-electron chi connectivity index (χ3n) is 4.93. The number of anilines is 2. The van der Waals surface area contributed by atoms with Gasteiger partial charge in [0.25, 0.3) is 0 Å². The maximum absolute atomic E-state index is 12.4. The molecule has 0 unspecified atom stereocenters. The summed E-state index contributed by atoms with van der Waals surface area (Å²) in [4.78, 5) is 24.4. The number of carbonyl (C=O) groups is 2. The first-order valence-corrected chi connectivity index (χ1v) is 9.84. The van der Waals surface area contributed by atoms with Gasteiger partial charge < -0.3 is 10.6 Å². The number of hydrogen-bond acceptors (Lipinski definition) is 2. The van der Waals surface area contributed by atoms with Crippen molar-refractivity contribution in [2.75, 3.05) is 10.6 Å². The Bertz CT molecular complexity index is 808. The number of amides is 2. The number of benzene rings is 2. The van der Waals surface area contributed by atoms with Crippen molar-refractivity contribution in [1.29, 1.82) is 0 Å². The van der Waals surface area contributed by atoms with Crippen molar-refractivity contribution in [3.8, 4) is 0 Å². The Hall–Kier alpha value is -2.62. The summed E-state index contributed by atoms with van der Waals surface area (Å²) in [6.07, 6.45) is 5.74. The molecule has 0 aromatic heterocycles. The van der Waals surface area contributed by atoms with E-state index < -0.39 is 0 Å². The van der Waals surface area contributed by atoms with Gasteiger partial charge in [0.2, 0.25) is 11.8 Å². The highest BCUT2D eigenvalue weighted by Crippen LogP contribution is 2.30. The Morgan fingerprint density at radius 2 is 1.70 bits per heavy atom. The summed E-state index contributed by atoms with van der Waals surface area (Å²) < 4.78 is 0. The molecular weight excluding hydrogens is 336 g/mol. The first kappa shape index (κ1) is 19.2. The van der Waals surface area contributed by atoms with E-state index in [1.165, 1.54) is 18.4 Å². The van der Waals surface area contributed by atoms with Crippen molar-refractivity contribution in [2.45, 2.75) is 52.4 Å². The zero-order valence-corrected chi connectivity index (χ0v) is 16.2. The monoisotopic (exact) mass is 364 g/mol. The van der Waals surface area contributed by atoms with E-state index in [1.807, 2.05) is 37.3 Å². The van der Waals surface area contributed by atoms with Crippen LogP contribution in [0.3, 0.4) is 0 Å². The lowest BCUT2D eigenvalue weighted by atomic mass is 10.0. The molecule has 1 aliphatic rings. The van der Waals surface area contributed by atoms with Crippen LogP contribution in [0.15, 0.2) is 42.5 Å². The quantitative estimate of drug-likeness (QED) is 0.702. The predicted octanol–water partition coefficient (Wildman–Crippen LogP) is 4.87. The summed E-state index contributed by atoms with van der Waals surface area (Å²) in [5.74, 6) is 0.175. The van der Waals surface area contributed by atoms with Crippen LogP contribution in [-0.2, 0) is 22.4 Å². The Morgan fingerprint density at radius 3 is 2.37 bits per heavy atom. The molecule has 2 aromatic carbocycles. The van der Waals surface area contributed by atoms with E-state index in [0.29, 0.717) is 6.42 Å². The highest BCUT2D eigenvalue weighted by Gasteiger charge is 2.29. The lowest BCUT2D eigenvalue weighted by Crippen LogP contribution is -2.16. The Balaban J connectivity index is 1.58. The van der Waals surface area contributed by atoms with Gasteiger partial charge in [-0.2, -0.15) is 0 Å². The highest BCUT2D eigenvalue weighted by molar-refractivity contribution is 5.96. The standard InChI is InChI=1S/C23H28N2O2/c1-3-4-5-17-7-9-18(10-8-17)14-22(26)25-21-15-20(13-6-16(21)2)24-23(27)19-11-12-19/h6-10,13,15,19H,3-5,11-12,14H2,1-2H3,(H,24,27)(H,25,26). The van der Waals surface area contributed by atoms with Gasteiger partial charge in [-0.25, -0.2) is 0 Å². The van der Waals surface area contributed by atoms with Crippen molar-refractivity contribution >= 4 is 23.2 Å². The fraction of sp³-hybridized carbons (Fsp3) is 0.391. The number of nitrogens with one attached hydrogen (secondary N) is 2. The van der Waals surface area contributed by atoms with E-state index in [2.05, 4.69) is 29.7 Å². The molecule has 4 nitrogen and oxygen atoms in total. The van der Waals surface area contributed by atoms with E-state index in [1.54, 1.807) is 0 Å². The molecule has 0 saturated heterocycles. The molecular formula is C23H28N2O2. The second-order valence-electron chi connectivity index (χ2n) is 7.44. The van der Waals surface area contributed by atoms with Gasteiger partial charge in [0.1, 0.15) is 0 Å². The Morgan fingerprint density at radius 1 is 1.00 bits per heavy atom. The van der Waals surface area contributed by atoms with Gasteiger partial charge >= 0.3 is 0 Å². The molecule has 1 saturated carbocycles. The lowest BCUT2D eigenvalue weighted by Gasteiger charge is -2.12. The molecule has 2 amide bonds. The second-order valence-corrected chi connectivity index (χ2v) is 7.44. The van der Waals surface area contributed by atoms with Gasteiger partial charge in [0.05, 0.1) is 6.42 Å². The van der Waals surface area contributed by atoms with Crippen molar-refractivity contribution in [3.05, 3.63) is 59.2 Å². The van der Waals surface area contributed by atoms with Crippen LogP contribution in [0.1, 0.15) is 49.3 Å². The van der Waals surface area contributed by atoms with E-state index in [4.69, 9.17) is 0 Å². The van der Waals surface area contributed by atoms with Gasteiger partial charge in [-0.05, 0) is 61.4 Å². The zero-order chi connectivity index (χ0) is 19.2. The van der Waals surface area contributed by atoms with E-state index >= 15 is 0 Å². The topological polar surface area (TPSA) is 58.2 Å². The third-order valence-corrected chi connectivity index (χ3v) is 4.93. The van der Waals surface area contributed by atoms with Gasteiger partial charge in [-0.3, -0.25) is 9.59 Å². The Labute approximate surface area is 161 Å². The smallest absolute Gasteiger partial charge is 0.228 e. The lowest BCUT2D eigenvalue weighted by molar-refractivity contribution is -0.117. The van der Waals surface area contributed by atoms with Crippen molar-refractivity contribution < 1.29 is 9.59 Å². The minimum absolute atomic E-state index is 0.0509. The first-order chi connectivity index (χ1) is 13.0. The molecule has 2 aromatic rings. The molecule has 0 atom stereocenters. The van der Waals surface area contributed by atoms with Crippen LogP contribution in [-0.4, -0.2) is 11.8 Å². The number of aryl methyl sites for hydroxylation is 2. The SMILES string of the molecule is CCCCc1ccc(CC(=O)Nc2cc(NC(=O)C3CC3)ccc2C)cc1. The van der Waals surface area contributed by atoms with Crippen molar-refractivity contribution in [2.24, 2.45) is 5.92 Å². The van der Waals surface area contributed by atoms with Gasteiger partial charge in [-0.15, -0.1) is 0 Å². The number of hydrogen-bond donors (Lipinski definition) is 2. The minimum Gasteiger partial charge on any atom is -0.326 e. The molecule has 1 aliphatic carbocycles. The minimum atomic E-state index is -0.0509. The fourth-order valence-electron chi connectivity index (χ4n) is 3.01. The molecule has 0 radical (unpaired) electrons. The summed E-state index contributed by atoms with van der Waals surface area (Å²) in [7, 11) is 0. The van der Waals surface area contributed by atoms with Crippen LogP contribution in [0.5, 0.6) is 0 Å². The molecule has 3 rings (SSSR count). The molecule has 0 aliphatic heterocycles. The van der Waals surface area contributed by atoms with Crippen molar-refractivity contribution in [3.63, 3.8) is 0 Å². The van der Waals surface area contributed by atoms with Crippen LogP contribution in [0.2, 0.25) is 0 Å². The average Bonchev–Trinajstić information content (AvgIpc) is 3.49.